The van der Waals surface area contributed by atoms with Gasteiger partial charge in [-0.05, 0) is 18.6 Å². The molecule has 0 unspecified atom stereocenters. The number of carboxylic acid groups (broad SMARTS) is 1. The number of likely N-dealkylation sites (N-methyl/N-ethyl adjacent to an activating group) is 1. The van der Waals surface area contributed by atoms with Crippen LogP contribution in [0.25, 0.3) is 0 Å². The Morgan fingerprint density at radius 1 is 1.33 bits per heavy atom. The number of aromatic nitrogens is 3. The number of benzene rings is 1. The molecule has 1 aromatic carbocycles. The zero-order valence-corrected chi connectivity index (χ0v) is 11.6. The number of carbonyl (C=O) groups excluding carboxylic acids is 1. The lowest BCUT2D eigenvalue weighted by Gasteiger charge is -2.20. The van der Waals surface area contributed by atoms with Crippen molar-refractivity contribution in [3.05, 3.63) is 48.0 Å². The second kappa shape index (κ2) is 6.65. The largest absolute Gasteiger partial charge is 0.480 e. The fourth-order valence-corrected chi connectivity index (χ4v) is 2.02. The van der Waals surface area contributed by atoms with Crippen molar-refractivity contribution in [2.45, 2.75) is 13.5 Å². The van der Waals surface area contributed by atoms with Crippen LogP contribution in [0.15, 0.2) is 36.9 Å². The summed E-state index contributed by atoms with van der Waals surface area (Å²) in [5.41, 5.74) is 1.26. The summed E-state index contributed by atoms with van der Waals surface area (Å²) in [5.74, 6) is -1.32. The first-order valence-corrected chi connectivity index (χ1v) is 6.53. The summed E-state index contributed by atoms with van der Waals surface area (Å²) in [6.07, 6.45) is 2.99. The molecular weight excluding hydrogens is 272 g/mol. The van der Waals surface area contributed by atoms with Crippen molar-refractivity contribution in [1.29, 1.82) is 0 Å². The van der Waals surface area contributed by atoms with Crippen molar-refractivity contribution >= 4 is 11.9 Å². The molecule has 0 aliphatic carbocycles. The molecule has 0 aliphatic rings. The van der Waals surface area contributed by atoms with E-state index in [0.29, 0.717) is 18.7 Å². The monoisotopic (exact) mass is 288 g/mol. The number of hydrogen-bond donors (Lipinski definition) is 1. The molecule has 2 aromatic rings. The predicted octanol–water partition coefficient (Wildman–Crippen LogP) is 0.873. The van der Waals surface area contributed by atoms with Crippen LogP contribution < -0.4 is 0 Å². The van der Waals surface area contributed by atoms with Crippen LogP contribution in [0.5, 0.6) is 0 Å². The zero-order valence-electron chi connectivity index (χ0n) is 11.6. The number of aliphatic carboxylic acids is 1. The van der Waals surface area contributed by atoms with E-state index in [0.717, 1.165) is 5.56 Å². The van der Waals surface area contributed by atoms with E-state index in [1.54, 1.807) is 30.1 Å². The van der Waals surface area contributed by atoms with Gasteiger partial charge in [0.15, 0.2) is 0 Å². The standard InChI is InChI=1S/C14H16N4O3/c1-2-17(8-13(19)20)14(21)12-6-4-3-5-11(12)7-18-10-15-9-16-18/h3-6,9-10H,2,7-8H2,1H3,(H,19,20). The van der Waals surface area contributed by atoms with Crippen molar-refractivity contribution in [3.8, 4) is 0 Å². The van der Waals surface area contributed by atoms with Crippen molar-refractivity contribution in [1.82, 2.24) is 19.7 Å². The van der Waals surface area contributed by atoms with Gasteiger partial charge in [0.2, 0.25) is 0 Å². The summed E-state index contributed by atoms with van der Waals surface area (Å²) in [5, 5.41) is 12.9. The number of rotatable bonds is 6. The van der Waals surface area contributed by atoms with Gasteiger partial charge in [-0.2, -0.15) is 5.10 Å². The summed E-state index contributed by atoms with van der Waals surface area (Å²) in [4.78, 5) is 28.5. The van der Waals surface area contributed by atoms with Gasteiger partial charge in [0.05, 0.1) is 6.54 Å². The Hall–Kier alpha value is -2.70. The van der Waals surface area contributed by atoms with Crippen LogP contribution >= 0.6 is 0 Å². The van der Waals surface area contributed by atoms with E-state index in [1.165, 1.54) is 11.2 Å². The second-order valence-electron chi connectivity index (χ2n) is 4.46. The summed E-state index contributed by atoms with van der Waals surface area (Å²) in [7, 11) is 0. The number of carbonyl (C=O) groups is 2. The van der Waals surface area contributed by atoms with Gasteiger partial charge in [-0.3, -0.25) is 9.59 Å². The molecule has 0 saturated carbocycles. The fraction of sp³-hybridized carbons (Fsp3) is 0.286. The van der Waals surface area contributed by atoms with Crippen molar-refractivity contribution in [3.63, 3.8) is 0 Å². The van der Waals surface area contributed by atoms with Crippen molar-refractivity contribution in [2.75, 3.05) is 13.1 Å². The van der Waals surface area contributed by atoms with Gasteiger partial charge in [0, 0.05) is 12.1 Å². The molecule has 0 aliphatic heterocycles. The predicted molar refractivity (Wildman–Crippen MR) is 74.8 cm³/mol. The molecule has 0 saturated heterocycles. The van der Waals surface area contributed by atoms with Crippen LogP contribution in [-0.4, -0.2) is 49.7 Å². The van der Waals surface area contributed by atoms with Crippen LogP contribution in [-0.2, 0) is 11.3 Å². The molecule has 0 atom stereocenters. The molecule has 0 fully saturated rings. The molecular formula is C14H16N4O3. The van der Waals surface area contributed by atoms with Gasteiger partial charge in [-0.15, -0.1) is 0 Å². The van der Waals surface area contributed by atoms with E-state index in [9.17, 15) is 9.59 Å². The molecule has 1 aromatic heterocycles. The highest BCUT2D eigenvalue weighted by molar-refractivity contribution is 5.97. The Bertz CT molecular complexity index is 625. The molecule has 2 rings (SSSR count). The SMILES string of the molecule is CCN(CC(=O)O)C(=O)c1ccccc1Cn1cncn1. The van der Waals surface area contributed by atoms with Crippen molar-refractivity contribution in [2.24, 2.45) is 0 Å². The molecule has 1 heterocycles. The second-order valence-corrected chi connectivity index (χ2v) is 4.46. The number of hydrogen-bond acceptors (Lipinski definition) is 4. The first-order valence-electron chi connectivity index (χ1n) is 6.53. The topological polar surface area (TPSA) is 88.3 Å². The first kappa shape index (κ1) is 14.7. The number of carboxylic acids is 1. The highest BCUT2D eigenvalue weighted by Crippen LogP contribution is 2.13. The van der Waals surface area contributed by atoms with Crippen LogP contribution in [0.1, 0.15) is 22.8 Å². The molecule has 7 heteroatoms. The van der Waals surface area contributed by atoms with Crippen LogP contribution in [0, 0.1) is 0 Å². The summed E-state index contributed by atoms with van der Waals surface area (Å²) in [6.45, 7) is 2.18. The van der Waals surface area contributed by atoms with Gasteiger partial charge in [-0.25, -0.2) is 9.67 Å². The molecule has 1 N–H and O–H groups in total. The third-order valence-corrected chi connectivity index (χ3v) is 3.04. The highest BCUT2D eigenvalue weighted by atomic mass is 16.4. The Labute approximate surface area is 121 Å². The number of nitrogens with zero attached hydrogens (tertiary/aromatic N) is 4. The lowest BCUT2D eigenvalue weighted by atomic mass is 10.1. The Morgan fingerprint density at radius 3 is 2.71 bits per heavy atom. The average molecular weight is 288 g/mol. The fourth-order valence-electron chi connectivity index (χ4n) is 2.02. The van der Waals surface area contributed by atoms with E-state index in [4.69, 9.17) is 5.11 Å². The number of amides is 1. The molecule has 0 radical (unpaired) electrons. The Morgan fingerprint density at radius 2 is 2.10 bits per heavy atom. The van der Waals surface area contributed by atoms with E-state index in [1.807, 2.05) is 12.1 Å². The van der Waals surface area contributed by atoms with E-state index in [2.05, 4.69) is 10.1 Å². The molecule has 0 bridgehead atoms. The quantitative estimate of drug-likeness (QED) is 0.852. The van der Waals surface area contributed by atoms with Crippen LogP contribution in [0.3, 0.4) is 0 Å². The molecule has 21 heavy (non-hydrogen) atoms. The summed E-state index contributed by atoms with van der Waals surface area (Å²) < 4.78 is 1.61. The summed E-state index contributed by atoms with van der Waals surface area (Å²) in [6, 6.07) is 7.10. The molecule has 7 nitrogen and oxygen atoms in total. The van der Waals surface area contributed by atoms with Gasteiger partial charge < -0.3 is 10.0 Å². The van der Waals surface area contributed by atoms with Gasteiger partial charge in [-0.1, -0.05) is 18.2 Å². The van der Waals surface area contributed by atoms with Crippen molar-refractivity contribution < 1.29 is 14.7 Å². The minimum Gasteiger partial charge on any atom is -0.480 e. The maximum atomic E-state index is 12.5. The lowest BCUT2D eigenvalue weighted by molar-refractivity contribution is -0.137. The first-order chi connectivity index (χ1) is 10.1. The van der Waals surface area contributed by atoms with Crippen LogP contribution in [0.4, 0.5) is 0 Å². The average Bonchev–Trinajstić information content (AvgIpc) is 2.97. The molecule has 110 valence electrons. The van der Waals surface area contributed by atoms with Gasteiger partial charge in [0.1, 0.15) is 19.2 Å². The third kappa shape index (κ3) is 3.65. The minimum atomic E-state index is -1.03. The highest BCUT2D eigenvalue weighted by Gasteiger charge is 2.19. The van der Waals surface area contributed by atoms with Gasteiger partial charge in [0.25, 0.3) is 5.91 Å². The Balaban J connectivity index is 2.26. The maximum Gasteiger partial charge on any atom is 0.323 e. The Kier molecular flexibility index (Phi) is 4.65. The van der Waals surface area contributed by atoms with E-state index < -0.39 is 5.97 Å². The molecule has 1 amide bonds. The third-order valence-electron chi connectivity index (χ3n) is 3.04. The molecule has 0 spiro atoms. The maximum absolute atomic E-state index is 12.5. The lowest BCUT2D eigenvalue weighted by Crippen LogP contribution is -2.36. The minimum absolute atomic E-state index is 0.296. The normalized spacial score (nSPS) is 10.3. The summed E-state index contributed by atoms with van der Waals surface area (Å²) >= 11 is 0. The van der Waals surface area contributed by atoms with E-state index >= 15 is 0 Å². The zero-order chi connectivity index (χ0) is 15.2. The smallest absolute Gasteiger partial charge is 0.323 e. The van der Waals surface area contributed by atoms with Crippen LogP contribution in [0.2, 0.25) is 0 Å². The van der Waals surface area contributed by atoms with E-state index in [-0.39, 0.29) is 12.5 Å². The van der Waals surface area contributed by atoms with Gasteiger partial charge >= 0.3 is 5.97 Å².